The lowest BCUT2D eigenvalue weighted by Gasteiger charge is -2.25. The minimum atomic E-state index is -0.556. The lowest BCUT2D eigenvalue weighted by Crippen LogP contribution is -2.39. The molecule has 1 N–H and O–H groups in total. The predicted octanol–water partition coefficient (Wildman–Crippen LogP) is 3.39. The van der Waals surface area contributed by atoms with Gasteiger partial charge in [0.2, 0.25) is 5.91 Å². The number of methoxy groups -OCH3 is 3. The van der Waals surface area contributed by atoms with Crippen LogP contribution in [-0.2, 0) is 11.3 Å². The number of nitro groups is 1. The molecular formula is C21H27N3O6. The number of rotatable bonds is 9. The van der Waals surface area contributed by atoms with Crippen LogP contribution >= 0.6 is 0 Å². The molecule has 0 fully saturated rings. The van der Waals surface area contributed by atoms with Gasteiger partial charge in [-0.2, -0.15) is 0 Å². The number of carbonyl (C=O) groups is 1. The molecule has 30 heavy (non-hydrogen) atoms. The van der Waals surface area contributed by atoms with Crippen LogP contribution in [-0.4, -0.2) is 50.1 Å². The van der Waals surface area contributed by atoms with Crippen LogP contribution in [0.3, 0.4) is 0 Å². The summed E-state index contributed by atoms with van der Waals surface area (Å²) in [6.07, 6.45) is 0. The molecule has 2 aromatic carbocycles. The van der Waals surface area contributed by atoms with E-state index in [1.807, 2.05) is 31.0 Å². The first-order chi connectivity index (χ1) is 14.2. The maximum Gasteiger partial charge on any atom is 0.296 e. The van der Waals surface area contributed by atoms with Gasteiger partial charge in [-0.15, -0.1) is 0 Å². The molecule has 9 nitrogen and oxygen atoms in total. The molecule has 1 amide bonds. The molecule has 0 aliphatic heterocycles. The molecular weight excluding hydrogens is 390 g/mol. The highest BCUT2D eigenvalue weighted by molar-refractivity contribution is 5.96. The Hall–Kier alpha value is -3.33. The highest BCUT2D eigenvalue weighted by Gasteiger charge is 2.23. The number of aryl methyl sites for hydroxylation is 1. The summed E-state index contributed by atoms with van der Waals surface area (Å²) in [6, 6.07) is 7.51. The Balaban J connectivity index is 2.16. The molecule has 1 atom stereocenters. The van der Waals surface area contributed by atoms with Gasteiger partial charge in [0.05, 0.1) is 38.4 Å². The van der Waals surface area contributed by atoms with Crippen molar-refractivity contribution in [3.05, 3.63) is 51.6 Å². The van der Waals surface area contributed by atoms with E-state index in [2.05, 4.69) is 5.32 Å². The third-order valence-corrected chi connectivity index (χ3v) is 4.96. The molecule has 0 aliphatic carbocycles. The molecule has 0 bridgehead atoms. The van der Waals surface area contributed by atoms with Crippen molar-refractivity contribution >= 4 is 17.3 Å². The molecule has 162 valence electrons. The van der Waals surface area contributed by atoms with E-state index in [-0.39, 0.29) is 17.3 Å². The van der Waals surface area contributed by atoms with Crippen LogP contribution in [0.4, 0.5) is 11.4 Å². The summed E-state index contributed by atoms with van der Waals surface area (Å²) in [5, 5.41) is 14.0. The first-order valence-electron chi connectivity index (χ1n) is 9.26. The fraction of sp³-hybridized carbons (Fsp3) is 0.381. The SMILES string of the molecule is COc1ccc(NC(=O)[C@@H](C)N(C)Cc2cc(OC)c(OC)cc2C)c([N+](=O)[O-])c1. The fourth-order valence-corrected chi connectivity index (χ4v) is 2.93. The summed E-state index contributed by atoms with van der Waals surface area (Å²) in [7, 11) is 6.37. The Kier molecular flexibility index (Phi) is 7.60. The van der Waals surface area contributed by atoms with Crippen molar-refractivity contribution in [2.45, 2.75) is 26.4 Å². The number of hydrogen-bond donors (Lipinski definition) is 1. The molecule has 0 heterocycles. The van der Waals surface area contributed by atoms with E-state index in [0.717, 1.165) is 11.1 Å². The number of benzene rings is 2. The summed E-state index contributed by atoms with van der Waals surface area (Å²) < 4.78 is 15.7. The first kappa shape index (κ1) is 23.0. The average molecular weight is 417 g/mol. The van der Waals surface area contributed by atoms with Crippen molar-refractivity contribution in [1.82, 2.24) is 4.90 Å². The zero-order chi connectivity index (χ0) is 22.4. The van der Waals surface area contributed by atoms with E-state index in [9.17, 15) is 14.9 Å². The molecule has 0 aliphatic rings. The van der Waals surface area contributed by atoms with E-state index in [1.54, 1.807) is 27.2 Å². The number of anilines is 1. The third kappa shape index (κ3) is 5.18. The molecule has 0 spiro atoms. The van der Waals surface area contributed by atoms with E-state index < -0.39 is 11.0 Å². The normalized spacial score (nSPS) is 11.7. The zero-order valence-electron chi connectivity index (χ0n) is 18.0. The first-order valence-corrected chi connectivity index (χ1v) is 9.26. The maximum atomic E-state index is 12.7. The lowest BCUT2D eigenvalue weighted by atomic mass is 10.1. The van der Waals surface area contributed by atoms with Gasteiger partial charge in [-0.25, -0.2) is 0 Å². The van der Waals surface area contributed by atoms with E-state index in [0.29, 0.717) is 23.8 Å². The van der Waals surface area contributed by atoms with Gasteiger partial charge in [-0.3, -0.25) is 19.8 Å². The number of ether oxygens (including phenoxy) is 3. The Morgan fingerprint density at radius 2 is 1.77 bits per heavy atom. The smallest absolute Gasteiger partial charge is 0.296 e. The molecule has 0 saturated heterocycles. The summed E-state index contributed by atoms with van der Waals surface area (Å²) in [5.74, 6) is 1.23. The Morgan fingerprint density at radius 3 is 2.33 bits per heavy atom. The van der Waals surface area contributed by atoms with E-state index >= 15 is 0 Å². The highest BCUT2D eigenvalue weighted by atomic mass is 16.6. The fourth-order valence-electron chi connectivity index (χ4n) is 2.93. The van der Waals surface area contributed by atoms with Gasteiger partial charge in [-0.05, 0) is 56.3 Å². The minimum Gasteiger partial charge on any atom is -0.496 e. The van der Waals surface area contributed by atoms with E-state index in [4.69, 9.17) is 14.2 Å². The van der Waals surface area contributed by atoms with Crippen LogP contribution in [0.5, 0.6) is 17.2 Å². The molecule has 2 rings (SSSR count). The summed E-state index contributed by atoms with van der Waals surface area (Å²) in [4.78, 5) is 25.4. The minimum absolute atomic E-state index is 0.119. The summed E-state index contributed by atoms with van der Waals surface area (Å²) >= 11 is 0. The van der Waals surface area contributed by atoms with Crippen LogP contribution in [0, 0.1) is 17.0 Å². The van der Waals surface area contributed by atoms with Crippen molar-refractivity contribution in [2.75, 3.05) is 33.7 Å². The Bertz CT molecular complexity index is 931. The number of carbonyl (C=O) groups excluding carboxylic acids is 1. The molecule has 0 saturated carbocycles. The van der Waals surface area contributed by atoms with Crippen LogP contribution in [0.15, 0.2) is 30.3 Å². The largest absolute Gasteiger partial charge is 0.496 e. The van der Waals surface area contributed by atoms with Crippen LogP contribution < -0.4 is 19.5 Å². The zero-order valence-corrected chi connectivity index (χ0v) is 18.0. The third-order valence-electron chi connectivity index (χ3n) is 4.96. The Labute approximate surface area is 175 Å². The number of nitro benzene ring substituents is 1. The molecule has 2 aromatic rings. The van der Waals surface area contributed by atoms with Crippen molar-refractivity contribution < 1.29 is 23.9 Å². The second kappa shape index (κ2) is 9.93. The van der Waals surface area contributed by atoms with Gasteiger partial charge in [0.15, 0.2) is 11.5 Å². The molecule has 0 aromatic heterocycles. The van der Waals surface area contributed by atoms with Crippen molar-refractivity contribution in [1.29, 1.82) is 0 Å². The summed E-state index contributed by atoms with van der Waals surface area (Å²) in [6.45, 7) is 4.17. The van der Waals surface area contributed by atoms with Crippen molar-refractivity contribution in [2.24, 2.45) is 0 Å². The van der Waals surface area contributed by atoms with Gasteiger partial charge in [-0.1, -0.05) is 0 Å². The van der Waals surface area contributed by atoms with Crippen LogP contribution in [0.1, 0.15) is 18.1 Å². The highest BCUT2D eigenvalue weighted by Crippen LogP contribution is 2.31. The quantitative estimate of drug-likeness (QED) is 0.493. The van der Waals surface area contributed by atoms with Gasteiger partial charge >= 0.3 is 0 Å². The van der Waals surface area contributed by atoms with Gasteiger partial charge in [0.1, 0.15) is 11.4 Å². The van der Waals surface area contributed by atoms with E-state index in [1.165, 1.54) is 19.2 Å². The van der Waals surface area contributed by atoms with Crippen LogP contribution in [0.2, 0.25) is 0 Å². The monoisotopic (exact) mass is 417 g/mol. The second-order valence-corrected chi connectivity index (χ2v) is 6.85. The van der Waals surface area contributed by atoms with Gasteiger partial charge in [0, 0.05) is 6.54 Å². The van der Waals surface area contributed by atoms with Gasteiger partial charge < -0.3 is 19.5 Å². The Morgan fingerprint density at radius 1 is 1.13 bits per heavy atom. The van der Waals surface area contributed by atoms with Crippen molar-refractivity contribution in [3.63, 3.8) is 0 Å². The van der Waals surface area contributed by atoms with Crippen molar-refractivity contribution in [3.8, 4) is 17.2 Å². The second-order valence-electron chi connectivity index (χ2n) is 6.85. The average Bonchev–Trinajstić information content (AvgIpc) is 2.74. The number of amides is 1. The molecule has 0 unspecified atom stereocenters. The van der Waals surface area contributed by atoms with Crippen LogP contribution in [0.25, 0.3) is 0 Å². The van der Waals surface area contributed by atoms with Gasteiger partial charge in [0.25, 0.3) is 5.69 Å². The molecule has 0 radical (unpaired) electrons. The molecule has 9 heteroatoms. The number of hydrogen-bond acceptors (Lipinski definition) is 7. The topological polar surface area (TPSA) is 103 Å². The standard InChI is InChI=1S/C21H27N3O6/c1-13-9-19(29-5)20(30-6)10-15(13)12-23(3)14(2)21(25)22-17-8-7-16(28-4)11-18(17)24(26)27/h7-11,14H,12H2,1-6H3,(H,22,25)/t14-/m1/s1. The lowest BCUT2D eigenvalue weighted by molar-refractivity contribution is -0.384. The summed E-state index contributed by atoms with van der Waals surface area (Å²) in [5.41, 5.74) is 1.87. The number of nitrogens with one attached hydrogen (secondary N) is 1. The predicted molar refractivity (Wildman–Crippen MR) is 113 cm³/mol. The maximum absolute atomic E-state index is 12.7. The number of likely N-dealkylation sites (N-methyl/N-ethyl adjacent to an activating group) is 1. The number of nitrogens with zero attached hydrogens (tertiary/aromatic N) is 2.